The summed E-state index contributed by atoms with van der Waals surface area (Å²) in [5.74, 6) is -1.87. The Morgan fingerprint density at radius 2 is 1.79 bits per heavy atom. The number of carboxylic acids is 1. The molecule has 0 saturated carbocycles. The monoisotopic (exact) mass is 260 g/mol. The molecule has 0 aliphatic carbocycles. The van der Waals surface area contributed by atoms with E-state index in [2.05, 4.69) is 17.9 Å². The second-order valence-electron chi connectivity index (χ2n) is 3.21. The third-order valence-electron chi connectivity index (χ3n) is 1.74. The van der Waals surface area contributed by atoms with Gasteiger partial charge in [0.1, 0.15) is 6.61 Å². The van der Waals surface area contributed by atoms with E-state index < -0.39 is 11.9 Å². The minimum Gasteiger partial charge on any atom is -0.478 e. The SMILES string of the molecule is C=CCOC(=O)/C=C\C(=O)O.C=Cc1ccccc1. The topological polar surface area (TPSA) is 63.6 Å². The van der Waals surface area contributed by atoms with Crippen molar-refractivity contribution in [2.24, 2.45) is 0 Å². The zero-order valence-electron chi connectivity index (χ0n) is 10.5. The van der Waals surface area contributed by atoms with Gasteiger partial charge in [0.25, 0.3) is 0 Å². The first-order chi connectivity index (χ1) is 9.10. The van der Waals surface area contributed by atoms with E-state index in [0.29, 0.717) is 6.08 Å². The van der Waals surface area contributed by atoms with Gasteiger partial charge in [-0.1, -0.05) is 55.6 Å². The van der Waals surface area contributed by atoms with Crippen molar-refractivity contribution in [2.45, 2.75) is 0 Å². The molecule has 0 aromatic heterocycles. The first-order valence-electron chi connectivity index (χ1n) is 5.46. The molecular formula is C15H16O4. The molecule has 0 aliphatic heterocycles. The van der Waals surface area contributed by atoms with Crippen LogP contribution in [0.25, 0.3) is 6.08 Å². The summed E-state index contributed by atoms with van der Waals surface area (Å²) < 4.78 is 4.43. The molecule has 4 heteroatoms. The molecule has 1 rings (SSSR count). The van der Waals surface area contributed by atoms with Crippen molar-refractivity contribution in [1.29, 1.82) is 0 Å². The van der Waals surface area contributed by atoms with Crippen LogP contribution in [0.3, 0.4) is 0 Å². The molecule has 0 atom stereocenters. The van der Waals surface area contributed by atoms with E-state index in [1.54, 1.807) is 0 Å². The van der Waals surface area contributed by atoms with Crippen LogP contribution in [0.5, 0.6) is 0 Å². The summed E-state index contributed by atoms with van der Waals surface area (Å²) >= 11 is 0. The third kappa shape index (κ3) is 10.3. The van der Waals surface area contributed by atoms with E-state index in [1.807, 2.05) is 36.4 Å². The summed E-state index contributed by atoms with van der Waals surface area (Å²) in [6.07, 6.45) is 4.78. The van der Waals surface area contributed by atoms with Crippen LogP contribution in [-0.4, -0.2) is 23.7 Å². The fourth-order valence-electron chi connectivity index (χ4n) is 0.918. The third-order valence-corrected chi connectivity index (χ3v) is 1.74. The van der Waals surface area contributed by atoms with Crippen molar-refractivity contribution in [1.82, 2.24) is 0 Å². The highest BCUT2D eigenvalue weighted by Gasteiger charge is 1.94. The standard InChI is InChI=1S/C8H8.C7H8O4/c1-2-8-6-4-3-5-7-8;1-2-5-11-7(10)4-3-6(8)9/h2-7H,1H2;2-4H,1,5H2,(H,8,9)/b;4-3-. The van der Waals surface area contributed by atoms with Gasteiger partial charge in [0, 0.05) is 12.2 Å². The zero-order valence-corrected chi connectivity index (χ0v) is 10.5. The zero-order chi connectivity index (χ0) is 14.5. The van der Waals surface area contributed by atoms with Crippen LogP contribution in [0.4, 0.5) is 0 Å². The van der Waals surface area contributed by atoms with E-state index in [0.717, 1.165) is 6.08 Å². The molecular weight excluding hydrogens is 244 g/mol. The highest BCUT2D eigenvalue weighted by Crippen LogP contribution is 1.97. The maximum Gasteiger partial charge on any atom is 0.331 e. The molecule has 0 bridgehead atoms. The van der Waals surface area contributed by atoms with Gasteiger partial charge in [0.2, 0.25) is 0 Å². The maximum absolute atomic E-state index is 10.5. The molecule has 0 radical (unpaired) electrons. The molecule has 100 valence electrons. The number of rotatable bonds is 5. The summed E-state index contributed by atoms with van der Waals surface area (Å²) in [5.41, 5.74) is 1.17. The van der Waals surface area contributed by atoms with E-state index in [4.69, 9.17) is 5.11 Å². The molecule has 0 saturated heterocycles. The number of carboxylic acid groups (broad SMARTS) is 1. The van der Waals surface area contributed by atoms with Gasteiger partial charge in [-0.25, -0.2) is 9.59 Å². The van der Waals surface area contributed by atoms with Gasteiger partial charge in [0.15, 0.2) is 0 Å². The summed E-state index contributed by atoms with van der Waals surface area (Å²) in [5, 5.41) is 8.07. The Balaban J connectivity index is 0.000000356. The number of benzene rings is 1. The Hall–Kier alpha value is -2.62. The van der Waals surface area contributed by atoms with Crippen molar-refractivity contribution >= 4 is 18.0 Å². The molecule has 19 heavy (non-hydrogen) atoms. The van der Waals surface area contributed by atoms with Gasteiger partial charge in [0.05, 0.1) is 0 Å². The quantitative estimate of drug-likeness (QED) is 0.502. The summed E-state index contributed by atoms with van der Waals surface area (Å²) in [6, 6.07) is 10.0. The van der Waals surface area contributed by atoms with E-state index in [1.165, 1.54) is 11.6 Å². The minimum absolute atomic E-state index is 0.0861. The molecule has 0 heterocycles. The van der Waals surface area contributed by atoms with E-state index >= 15 is 0 Å². The second kappa shape index (κ2) is 10.5. The van der Waals surface area contributed by atoms with Gasteiger partial charge < -0.3 is 9.84 Å². The fourth-order valence-corrected chi connectivity index (χ4v) is 0.918. The van der Waals surface area contributed by atoms with Crippen molar-refractivity contribution in [3.05, 3.63) is 67.3 Å². The van der Waals surface area contributed by atoms with Crippen molar-refractivity contribution in [2.75, 3.05) is 6.61 Å². The van der Waals surface area contributed by atoms with Crippen molar-refractivity contribution in [3.63, 3.8) is 0 Å². The van der Waals surface area contributed by atoms with Crippen LogP contribution >= 0.6 is 0 Å². The highest BCUT2D eigenvalue weighted by molar-refractivity contribution is 5.90. The van der Waals surface area contributed by atoms with E-state index in [-0.39, 0.29) is 6.61 Å². The normalized spacial score (nSPS) is 9.05. The number of aliphatic carboxylic acids is 1. The predicted octanol–water partition coefficient (Wildman–Crippen LogP) is 2.69. The molecule has 0 unspecified atom stereocenters. The van der Waals surface area contributed by atoms with Gasteiger partial charge in [-0.15, -0.1) is 0 Å². The van der Waals surface area contributed by atoms with Crippen LogP contribution in [0.2, 0.25) is 0 Å². The number of esters is 1. The number of ether oxygens (including phenoxy) is 1. The molecule has 0 amide bonds. The number of hydrogen-bond donors (Lipinski definition) is 1. The first-order valence-corrected chi connectivity index (χ1v) is 5.46. The van der Waals surface area contributed by atoms with Crippen LogP contribution in [-0.2, 0) is 14.3 Å². The maximum atomic E-state index is 10.5. The van der Waals surface area contributed by atoms with Crippen LogP contribution in [0.15, 0.2) is 61.7 Å². The molecule has 0 fully saturated rings. The smallest absolute Gasteiger partial charge is 0.331 e. The molecule has 0 aliphatic rings. The average Bonchev–Trinajstić information content (AvgIpc) is 2.44. The summed E-state index contributed by atoms with van der Waals surface area (Å²) in [7, 11) is 0. The van der Waals surface area contributed by atoms with Gasteiger partial charge in [-0.2, -0.15) is 0 Å². The summed E-state index contributed by atoms with van der Waals surface area (Å²) in [4.78, 5) is 20.3. The number of carbonyl (C=O) groups excluding carboxylic acids is 1. The largest absolute Gasteiger partial charge is 0.478 e. The van der Waals surface area contributed by atoms with Crippen LogP contribution < -0.4 is 0 Å². The first kappa shape index (κ1) is 16.4. The Kier molecular flexibility index (Phi) is 9.08. The lowest BCUT2D eigenvalue weighted by molar-refractivity contribution is -0.137. The van der Waals surface area contributed by atoms with E-state index in [9.17, 15) is 9.59 Å². The Labute approximate surface area is 112 Å². The van der Waals surface area contributed by atoms with Gasteiger partial charge >= 0.3 is 11.9 Å². The molecule has 1 aromatic carbocycles. The molecule has 1 N–H and O–H groups in total. The van der Waals surface area contributed by atoms with Gasteiger partial charge in [-0.3, -0.25) is 0 Å². The lowest BCUT2D eigenvalue weighted by atomic mass is 10.2. The molecule has 1 aromatic rings. The Morgan fingerprint density at radius 1 is 1.16 bits per heavy atom. The number of carbonyl (C=O) groups is 2. The lowest BCUT2D eigenvalue weighted by Crippen LogP contribution is -2.01. The minimum atomic E-state index is -1.18. The van der Waals surface area contributed by atoms with Crippen molar-refractivity contribution < 1.29 is 19.4 Å². The fraction of sp³-hybridized carbons (Fsp3) is 0.0667. The van der Waals surface area contributed by atoms with Crippen LogP contribution in [0, 0.1) is 0 Å². The molecule has 0 spiro atoms. The number of hydrogen-bond acceptors (Lipinski definition) is 3. The Bertz CT molecular complexity index is 446. The average molecular weight is 260 g/mol. The Morgan fingerprint density at radius 3 is 2.21 bits per heavy atom. The van der Waals surface area contributed by atoms with Crippen molar-refractivity contribution in [3.8, 4) is 0 Å². The lowest BCUT2D eigenvalue weighted by Gasteiger charge is -1.93. The summed E-state index contributed by atoms with van der Waals surface area (Å²) in [6.45, 7) is 7.03. The predicted molar refractivity (Wildman–Crippen MR) is 74.5 cm³/mol. The van der Waals surface area contributed by atoms with Gasteiger partial charge in [-0.05, 0) is 5.56 Å². The highest BCUT2D eigenvalue weighted by atomic mass is 16.5. The second-order valence-corrected chi connectivity index (χ2v) is 3.21. The molecule has 4 nitrogen and oxygen atoms in total. The van der Waals surface area contributed by atoms with Crippen LogP contribution in [0.1, 0.15) is 5.56 Å².